The number of hydrogen-bond donors (Lipinski definition) is 3. The van der Waals surface area contributed by atoms with Gasteiger partial charge in [0.2, 0.25) is 0 Å². The van der Waals surface area contributed by atoms with Crippen molar-refractivity contribution in [2.75, 3.05) is 45.9 Å². The number of nitrogens with zero attached hydrogens (tertiary/aromatic N) is 1. The van der Waals surface area contributed by atoms with Crippen LogP contribution in [0.15, 0.2) is 0 Å². The van der Waals surface area contributed by atoms with Crippen molar-refractivity contribution in [3.63, 3.8) is 0 Å². The first-order valence-electron chi connectivity index (χ1n) is 5.76. The highest BCUT2D eigenvalue weighted by molar-refractivity contribution is 4.75. The van der Waals surface area contributed by atoms with E-state index < -0.39 is 5.41 Å². The standard InChI is InChI=1S/C11H26N2O2/c1-4-13(5-2)7-6-12-8-11(3,9-14)10-15/h12,14-15H,4-10H2,1-3H3. The van der Waals surface area contributed by atoms with Gasteiger partial charge in [-0.05, 0) is 13.1 Å². The maximum atomic E-state index is 9.08. The van der Waals surface area contributed by atoms with Crippen LogP contribution in [0.5, 0.6) is 0 Å². The van der Waals surface area contributed by atoms with Crippen molar-refractivity contribution in [3.05, 3.63) is 0 Å². The van der Waals surface area contributed by atoms with Gasteiger partial charge in [-0.3, -0.25) is 0 Å². The molecular formula is C11H26N2O2. The lowest BCUT2D eigenvalue weighted by Gasteiger charge is -2.26. The zero-order valence-corrected chi connectivity index (χ0v) is 10.3. The minimum absolute atomic E-state index is 0.0156. The zero-order chi connectivity index (χ0) is 11.7. The highest BCUT2D eigenvalue weighted by Gasteiger charge is 2.21. The molecule has 0 radical (unpaired) electrons. The first kappa shape index (κ1) is 14.8. The molecule has 0 aliphatic heterocycles. The Kier molecular flexibility index (Phi) is 7.96. The fraction of sp³-hybridized carbons (Fsp3) is 1.00. The predicted octanol–water partition coefficient (Wildman–Crippen LogP) is -0.0913. The molecule has 0 spiro atoms. The molecule has 0 fully saturated rings. The van der Waals surface area contributed by atoms with Crippen LogP contribution in [-0.2, 0) is 0 Å². The molecule has 0 amide bonds. The topological polar surface area (TPSA) is 55.7 Å². The van der Waals surface area contributed by atoms with Crippen molar-refractivity contribution >= 4 is 0 Å². The third-order valence-electron chi connectivity index (χ3n) is 2.81. The molecule has 0 aromatic carbocycles. The summed E-state index contributed by atoms with van der Waals surface area (Å²) < 4.78 is 0. The van der Waals surface area contributed by atoms with Gasteiger partial charge in [0.25, 0.3) is 0 Å². The molecule has 3 N–H and O–H groups in total. The lowest BCUT2D eigenvalue weighted by molar-refractivity contribution is 0.0693. The largest absolute Gasteiger partial charge is 0.396 e. The van der Waals surface area contributed by atoms with Crippen molar-refractivity contribution in [3.8, 4) is 0 Å². The number of rotatable bonds is 9. The van der Waals surface area contributed by atoms with Gasteiger partial charge in [0.05, 0.1) is 13.2 Å². The van der Waals surface area contributed by atoms with E-state index in [4.69, 9.17) is 10.2 Å². The average Bonchev–Trinajstić information content (AvgIpc) is 2.29. The summed E-state index contributed by atoms with van der Waals surface area (Å²) in [6.07, 6.45) is 0. The fourth-order valence-corrected chi connectivity index (χ4v) is 1.33. The van der Waals surface area contributed by atoms with Crippen LogP contribution in [-0.4, -0.2) is 61.1 Å². The van der Waals surface area contributed by atoms with Crippen LogP contribution in [0.2, 0.25) is 0 Å². The van der Waals surface area contributed by atoms with Crippen LogP contribution in [0.3, 0.4) is 0 Å². The molecule has 0 heterocycles. The summed E-state index contributed by atoms with van der Waals surface area (Å²) >= 11 is 0. The Morgan fingerprint density at radius 1 is 1.13 bits per heavy atom. The van der Waals surface area contributed by atoms with Gasteiger partial charge in [-0.2, -0.15) is 0 Å². The molecule has 0 aromatic rings. The van der Waals surface area contributed by atoms with Crippen molar-refractivity contribution < 1.29 is 10.2 Å². The minimum Gasteiger partial charge on any atom is -0.396 e. The molecule has 0 saturated carbocycles. The van der Waals surface area contributed by atoms with E-state index in [1.165, 1.54) is 0 Å². The Bertz CT molecular complexity index is 146. The molecule has 0 aliphatic rings. The molecule has 0 bridgehead atoms. The molecule has 0 unspecified atom stereocenters. The van der Waals surface area contributed by atoms with Crippen LogP contribution in [0.1, 0.15) is 20.8 Å². The van der Waals surface area contributed by atoms with E-state index >= 15 is 0 Å². The molecule has 4 heteroatoms. The molecule has 15 heavy (non-hydrogen) atoms. The van der Waals surface area contributed by atoms with Crippen molar-refractivity contribution in [1.29, 1.82) is 0 Å². The van der Waals surface area contributed by atoms with Crippen LogP contribution < -0.4 is 5.32 Å². The first-order chi connectivity index (χ1) is 7.11. The highest BCUT2D eigenvalue weighted by Crippen LogP contribution is 2.11. The summed E-state index contributed by atoms with van der Waals surface area (Å²) in [7, 11) is 0. The number of aliphatic hydroxyl groups excluding tert-OH is 2. The van der Waals surface area contributed by atoms with Crippen LogP contribution in [0.25, 0.3) is 0 Å². The molecule has 92 valence electrons. The van der Waals surface area contributed by atoms with E-state index in [9.17, 15) is 0 Å². The Morgan fingerprint density at radius 3 is 2.07 bits per heavy atom. The van der Waals surface area contributed by atoms with Gasteiger partial charge < -0.3 is 20.4 Å². The molecule has 0 atom stereocenters. The minimum atomic E-state index is -0.400. The summed E-state index contributed by atoms with van der Waals surface area (Å²) in [5.41, 5.74) is -0.400. The summed E-state index contributed by atoms with van der Waals surface area (Å²) in [6.45, 7) is 10.9. The van der Waals surface area contributed by atoms with Crippen LogP contribution in [0, 0.1) is 5.41 Å². The van der Waals surface area contributed by atoms with E-state index in [1.54, 1.807) is 0 Å². The molecular weight excluding hydrogens is 192 g/mol. The maximum absolute atomic E-state index is 9.08. The van der Waals surface area contributed by atoms with E-state index in [0.717, 1.165) is 26.2 Å². The Morgan fingerprint density at radius 2 is 1.67 bits per heavy atom. The second-order valence-electron chi connectivity index (χ2n) is 4.33. The monoisotopic (exact) mass is 218 g/mol. The zero-order valence-electron chi connectivity index (χ0n) is 10.3. The van der Waals surface area contributed by atoms with E-state index in [-0.39, 0.29) is 13.2 Å². The van der Waals surface area contributed by atoms with Crippen molar-refractivity contribution in [2.45, 2.75) is 20.8 Å². The molecule has 4 nitrogen and oxygen atoms in total. The highest BCUT2D eigenvalue weighted by atomic mass is 16.3. The van der Waals surface area contributed by atoms with Gasteiger partial charge in [-0.25, -0.2) is 0 Å². The summed E-state index contributed by atoms with van der Waals surface area (Å²) in [5, 5.41) is 21.4. The fourth-order valence-electron chi connectivity index (χ4n) is 1.33. The van der Waals surface area contributed by atoms with Crippen molar-refractivity contribution in [2.24, 2.45) is 5.41 Å². The van der Waals surface area contributed by atoms with Crippen LogP contribution in [0.4, 0.5) is 0 Å². The molecule has 0 aliphatic carbocycles. The Balaban J connectivity index is 3.60. The molecule has 0 rings (SSSR count). The lowest BCUT2D eigenvalue weighted by Crippen LogP contribution is -2.41. The Labute approximate surface area is 93.3 Å². The third-order valence-corrected chi connectivity index (χ3v) is 2.81. The lowest BCUT2D eigenvalue weighted by atomic mass is 9.93. The van der Waals surface area contributed by atoms with E-state index in [1.807, 2.05) is 6.92 Å². The van der Waals surface area contributed by atoms with Gasteiger partial charge in [-0.15, -0.1) is 0 Å². The summed E-state index contributed by atoms with van der Waals surface area (Å²) in [4.78, 5) is 2.34. The van der Waals surface area contributed by atoms with Crippen molar-refractivity contribution in [1.82, 2.24) is 10.2 Å². The second kappa shape index (κ2) is 8.05. The molecule has 0 aromatic heterocycles. The van der Waals surface area contributed by atoms with Gasteiger partial charge in [0.15, 0.2) is 0 Å². The number of likely N-dealkylation sites (N-methyl/N-ethyl adjacent to an activating group) is 1. The number of hydrogen-bond acceptors (Lipinski definition) is 4. The predicted molar refractivity (Wildman–Crippen MR) is 62.9 cm³/mol. The van der Waals surface area contributed by atoms with Gasteiger partial charge in [0, 0.05) is 25.0 Å². The van der Waals surface area contributed by atoms with E-state index in [0.29, 0.717) is 6.54 Å². The van der Waals surface area contributed by atoms with Gasteiger partial charge in [-0.1, -0.05) is 20.8 Å². The SMILES string of the molecule is CCN(CC)CCNCC(C)(CO)CO. The van der Waals surface area contributed by atoms with Gasteiger partial charge in [0.1, 0.15) is 0 Å². The second-order valence-corrected chi connectivity index (χ2v) is 4.33. The number of aliphatic hydroxyl groups is 2. The van der Waals surface area contributed by atoms with Crippen LogP contribution >= 0.6 is 0 Å². The first-order valence-corrected chi connectivity index (χ1v) is 5.76. The normalized spacial score (nSPS) is 12.4. The number of nitrogens with one attached hydrogen (secondary N) is 1. The van der Waals surface area contributed by atoms with E-state index in [2.05, 4.69) is 24.1 Å². The maximum Gasteiger partial charge on any atom is 0.0518 e. The average molecular weight is 218 g/mol. The van der Waals surface area contributed by atoms with Gasteiger partial charge >= 0.3 is 0 Å². The molecule has 0 saturated heterocycles. The Hall–Kier alpha value is -0.160. The third kappa shape index (κ3) is 6.10. The smallest absolute Gasteiger partial charge is 0.0518 e. The summed E-state index contributed by atoms with van der Waals surface area (Å²) in [6, 6.07) is 0. The summed E-state index contributed by atoms with van der Waals surface area (Å²) in [5.74, 6) is 0. The quantitative estimate of drug-likeness (QED) is 0.473.